The minimum atomic E-state index is 0.473. The van der Waals surface area contributed by atoms with E-state index in [9.17, 15) is 0 Å². The summed E-state index contributed by atoms with van der Waals surface area (Å²) < 4.78 is 5.74. The molecular formula is C17H19Cl2NO. The van der Waals surface area contributed by atoms with Crippen LogP contribution >= 0.6 is 23.2 Å². The van der Waals surface area contributed by atoms with Crippen molar-refractivity contribution in [2.75, 3.05) is 0 Å². The van der Waals surface area contributed by atoms with Gasteiger partial charge in [0.25, 0.3) is 0 Å². The van der Waals surface area contributed by atoms with Gasteiger partial charge in [-0.25, -0.2) is 0 Å². The zero-order chi connectivity index (χ0) is 15.2. The quantitative estimate of drug-likeness (QED) is 0.801. The molecule has 2 rings (SSSR count). The van der Waals surface area contributed by atoms with Crippen molar-refractivity contribution in [2.24, 2.45) is 0 Å². The minimum absolute atomic E-state index is 0.473. The standard InChI is InChI=1S/C17H19Cl2NO/c1-12(2)20-10-13-4-3-5-14(8-13)11-21-15-6-7-16(18)17(19)9-15/h3-9,12,20H,10-11H2,1-2H3. The number of hydrogen-bond donors (Lipinski definition) is 1. The van der Waals surface area contributed by atoms with Gasteiger partial charge >= 0.3 is 0 Å². The van der Waals surface area contributed by atoms with Crippen LogP contribution in [0.2, 0.25) is 10.0 Å². The highest BCUT2D eigenvalue weighted by Gasteiger charge is 2.02. The number of benzene rings is 2. The summed E-state index contributed by atoms with van der Waals surface area (Å²) in [5.41, 5.74) is 2.38. The SMILES string of the molecule is CC(C)NCc1cccc(COc2ccc(Cl)c(Cl)c2)c1. The lowest BCUT2D eigenvalue weighted by molar-refractivity contribution is 0.306. The van der Waals surface area contributed by atoms with E-state index in [4.69, 9.17) is 27.9 Å². The number of nitrogens with one attached hydrogen (secondary N) is 1. The Morgan fingerprint density at radius 3 is 2.48 bits per heavy atom. The van der Waals surface area contributed by atoms with E-state index in [0.29, 0.717) is 22.7 Å². The maximum atomic E-state index is 5.97. The van der Waals surface area contributed by atoms with Crippen LogP contribution in [0.25, 0.3) is 0 Å². The molecule has 0 aliphatic carbocycles. The molecule has 0 amide bonds. The van der Waals surface area contributed by atoms with Gasteiger partial charge in [-0.2, -0.15) is 0 Å². The van der Waals surface area contributed by atoms with Crippen molar-refractivity contribution in [2.45, 2.75) is 33.0 Å². The van der Waals surface area contributed by atoms with E-state index in [-0.39, 0.29) is 0 Å². The van der Waals surface area contributed by atoms with Gasteiger partial charge in [-0.3, -0.25) is 0 Å². The third kappa shape index (κ3) is 5.24. The Hall–Kier alpha value is -1.22. The van der Waals surface area contributed by atoms with Crippen molar-refractivity contribution in [3.05, 3.63) is 63.6 Å². The number of ether oxygens (including phenoxy) is 1. The van der Waals surface area contributed by atoms with Gasteiger partial charge in [-0.15, -0.1) is 0 Å². The topological polar surface area (TPSA) is 21.3 Å². The fourth-order valence-corrected chi connectivity index (χ4v) is 2.17. The van der Waals surface area contributed by atoms with Crippen molar-refractivity contribution < 1.29 is 4.74 Å². The first-order valence-corrected chi connectivity index (χ1v) is 7.69. The molecule has 0 aromatic heterocycles. The Labute approximate surface area is 136 Å². The molecule has 1 N–H and O–H groups in total. The maximum Gasteiger partial charge on any atom is 0.121 e. The van der Waals surface area contributed by atoms with E-state index in [1.807, 2.05) is 12.1 Å². The van der Waals surface area contributed by atoms with Crippen molar-refractivity contribution in [1.29, 1.82) is 0 Å². The van der Waals surface area contributed by atoms with E-state index < -0.39 is 0 Å². The first-order valence-electron chi connectivity index (χ1n) is 6.93. The van der Waals surface area contributed by atoms with Gasteiger partial charge in [-0.05, 0) is 23.3 Å². The fraction of sp³-hybridized carbons (Fsp3) is 0.294. The van der Waals surface area contributed by atoms with E-state index in [1.165, 1.54) is 5.56 Å². The Kier molecular flexibility index (Phi) is 5.92. The van der Waals surface area contributed by atoms with Crippen LogP contribution in [0, 0.1) is 0 Å². The zero-order valence-corrected chi connectivity index (χ0v) is 13.7. The molecule has 4 heteroatoms. The summed E-state index contributed by atoms with van der Waals surface area (Å²) in [6.45, 7) is 5.64. The second-order valence-electron chi connectivity index (χ2n) is 5.22. The van der Waals surface area contributed by atoms with Crippen molar-refractivity contribution in [1.82, 2.24) is 5.32 Å². The van der Waals surface area contributed by atoms with Crippen LogP contribution in [0.1, 0.15) is 25.0 Å². The molecule has 2 nitrogen and oxygen atoms in total. The van der Waals surface area contributed by atoms with Gasteiger partial charge in [-0.1, -0.05) is 61.3 Å². The van der Waals surface area contributed by atoms with Crippen LogP contribution < -0.4 is 10.1 Å². The number of hydrogen-bond acceptors (Lipinski definition) is 2. The highest BCUT2D eigenvalue weighted by atomic mass is 35.5. The highest BCUT2D eigenvalue weighted by molar-refractivity contribution is 6.42. The predicted molar refractivity (Wildman–Crippen MR) is 89.2 cm³/mol. The Bertz CT molecular complexity index is 599. The Morgan fingerprint density at radius 1 is 1.00 bits per heavy atom. The van der Waals surface area contributed by atoms with Gasteiger partial charge in [0.2, 0.25) is 0 Å². The molecule has 0 aliphatic rings. The van der Waals surface area contributed by atoms with E-state index in [1.54, 1.807) is 12.1 Å². The molecule has 0 radical (unpaired) electrons. The molecule has 0 saturated carbocycles. The molecule has 0 unspecified atom stereocenters. The van der Waals surface area contributed by atoms with E-state index in [0.717, 1.165) is 17.9 Å². The average molecular weight is 324 g/mol. The normalized spacial score (nSPS) is 10.9. The summed E-state index contributed by atoms with van der Waals surface area (Å²) >= 11 is 11.9. The smallest absolute Gasteiger partial charge is 0.121 e. The van der Waals surface area contributed by atoms with Crippen LogP contribution in [0.5, 0.6) is 5.75 Å². The molecule has 2 aromatic carbocycles. The largest absolute Gasteiger partial charge is 0.489 e. The van der Waals surface area contributed by atoms with Gasteiger partial charge in [0.05, 0.1) is 10.0 Å². The van der Waals surface area contributed by atoms with Crippen LogP contribution in [0.4, 0.5) is 0 Å². The van der Waals surface area contributed by atoms with Crippen molar-refractivity contribution in [3.8, 4) is 5.75 Å². The Morgan fingerprint density at radius 2 is 1.76 bits per heavy atom. The molecular weight excluding hydrogens is 305 g/mol. The van der Waals surface area contributed by atoms with Gasteiger partial charge in [0.15, 0.2) is 0 Å². The van der Waals surface area contributed by atoms with Gasteiger partial charge < -0.3 is 10.1 Å². The third-order valence-corrected chi connectivity index (χ3v) is 3.74. The molecule has 0 atom stereocenters. The predicted octanol–water partition coefficient (Wildman–Crippen LogP) is 5.07. The van der Waals surface area contributed by atoms with Crippen molar-refractivity contribution in [3.63, 3.8) is 0 Å². The van der Waals surface area contributed by atoms with Crippen LogP contribution in [-0.2, 0) is 13.2 Å². The molecule has 0 spiro atoms. The number of rotatable bonds is 6. The molecule has 2 aromatic rings. The summed E-state index contributed by atoms with van der Waals surface area (Å²) in [5, 5.41) is 4.44. The zero-order valence-electron chi connectivity index (χ0n) is 12.2. The summed E-state index contributed by atoms with van der Waals surface area (Å²) in [6.07, 6.45) is 0. The average Bonchev–Trinajstić information content (AvgIpc) is 2.47. The lowest BCUT2D eigenvalue weighted by atomic mass is 10.1. The Balaban J connectivity index is 1.96. The maximum absolute atomic E-state index is 5.97. The van der Waals surface area contributed by atoms with Crippen LogP contribution in [0.3, 0.4) is 0 Å². The van der Waals surface area contributed by atoms with Gasteiger partial charge in [0, 0.05) is 18.7 Å². The van der Waals surface area contributed by atoms with Crippen LogP contribution in [0.15, 0.2) is 42.5 Å². The summed E-state index contributed by atoms with van der Waals surface area (Å²) in [6, 6.07) is 14.1. The lowest BCUT2D eigenvalue weighted by Gasteiger charge is -2.11. The molecule has 21 heavy (non-hydrogen) atoms. The first kappa shape index (κ1) is 16.2. The molecule has 0 aliphatic heterocycles. The van der Waals surface area contributed by atoms with Gasteiger partial charge in [0.1, 0.15) is 12.4 Å². The third-order valence-electron chi connectivity index (χ3n) is 3.00. The molecule has 112 valence electrons. The lowest BCUT2D eigenvalue weighted by Crippen LogP contribution is -2.21. The van der Waals surface area contributed by atoms with Crippen LogP contribution in [-0.4, -0.2) is 6.04 Å². The number of halogens is 2. The molecule has 0 heterocycles. The summed E-state index contributed by atoms with van der Waals surface area (Å²) in [5.74, 6) is 0.718. The van der Waals surface area contributed by atoms with E-state index in [2.05, 4.69) is 37.4 Å². The molecule has 0 bridgehead atoms. The molecule has 0 fully saturated rings. The summed E-state index contributed by atoms with van der Waals surface area (Å²) in [7, 11) is 0. The molecule has 0 saturated heterocycles. The van der Waals surface area contributed by atoms with Crippen molar-refractivity contribution >= 4 is 23.2 Å². The van der Waals surface area contributed by atoms with E-state index >= 15 is 0 Å². The minimum Gasteiger partial charge on any atom is -0.489 e. The monoisotopic (exact) mass is 323 g/mol. The second kappa shape index (κ2) is 7.69. The fourth-order valence-electron chi connectivity index (χ4n) is 1.88. The first-order chi connectivity index (χ1) is 10.0. The summed E-state index contributed by atoms with van der Waals surface area (Å²) in [4.78, 5) is 0. The highest BCUT2D eigenvalue weighted by Crippen LogP contribution is 2.26. The second-order valence-corrected chi connectivity index (χ2v) is 6.03.